The number of nitrogens with one attached hydrogen (secondary N) is 1. The van der Waals surface area contributed by atoms with Crippen LogP contribution in [0.4, 0.5) is 4.79 Å². The molecule has 1 aromatic heterocycles. The molecule has 180 valence electrons. The summed E-state index contributed by atoms with van der Waals surface area (Å²) in [6, 6.07) is 9.32. The first kappa shape index (κ1) is 23.7. The third kappa shape index (κ3) is 4.00. The molecule has 0 radical (unpaired) electrons. The van der Waals surface area contributed by atoms with Gasteiger partial charge in [-0.25, -0.2) is 4.79 Å². The summed E-state index contributed by atoms with van der Waals surface area (Å²) < 4.78 is 11.1. The molecule has 3 aromatic rings. The van der Waals surface area contributed by atoms with Gasteiger partial charge in [0.05, 0.1) is 25.8 Å². The maximum Gasteiger partial charge on any atom is 0.320 e. The zero-order chi connectivity index (χ0) is 24.6. The number of rotatable bonds is 5. The van der Waals surface area contributed by atoms with Crippen LogP contribution in [0.5, 0.6) is 11.5 Å². The van der Waals surface area contributed by atoms with Crippen molar-refractivity contribution >= 4 is 16.9 Å². The first-order chi connectivity index (χ1) is 16.3. The maximum absolute atomic E-state index is 13.6. The number of aryl methyl sites for hydroxylation is 2. The lowest BCUT2D eigenvalue weighted by molar-refractivity contribution is 0.141. The molecule has 1 N–H and O–H groups in total. The van der Waals surface area contributed by atoms with Crippen molar-refractivity contribution in [2.24, 2.45) is 0 Å². The number of hydrogen-bond acceptors (Lipinski definition) is 4. The topological polar surface area (TPSA) is 74.9 Å². The average molecular weight is 464 g/mol. The summed E-state index contributed by atoms with van der Waals surface area (Å²) in [5.41, 5.74) is 5.25. The van der Waals surface area contributed by atoms with E-state index in [1.165, 1.54) is 0 Å². The molecule has 0 saturated carbocycles. The van der Waals surface area contributed by atoms with Gasteiger partial charge in [0.1, 0.15) is 0 Å². The van der Waals surface area contributed by atoms with Crippen molar-refractivity contribution in [2.75, 3.05) is 33.9 Å². The van der Waals surface area contributed by atoms with Gasteiger partial charge in [-0.05, 0) is 80.5 Å². The second-order valence-corrected chi connectivity index (χ2v) is 8.81. The number of carbonyl (C=O) groups excluding carboxylic acids is 1. The number of fused-ring (bicyclic) bond motifs is 2. The number of urea groups is 1. The molecule has 0 aliphatic carbocycles. The molecule has 0 fully saturated rings. The zero-order valence-electron chi connectivity index (χ0n) is 20.8. The molecule has 1 aliphatic heterocycles. The molecule has 7 nitrogen and oxygen atoms in total. The number of amides is 2. The summed E-state index contributed by atoms with van der Waals surface area (Å²) in [5.74, 6) is 1.22. The van der Waals surface area contributed by atoms with E-state index in [0.29, 0.717) is 43.1 Å². The largest absolute Gasteiger partial charge is 0.493 e. The fourth-order valence-electron chi connectivity index (χ4n) is 5.07. The molecule has 1 aliphatic rings. The highest BCUT2D eigenvalue weighted by Crippen LogP contribution is 2.41. The van der Waals surface area contributed by atoms with Crippen molar-refractivity contribution in [3.05, 3.63) is 68.5 Å². The molecule has 2 heterocycles. The molecule has 0 spiro atoms. The molecule has 0 unspecified atom stereocenters. The lowest BCUT2D eigenvalue weighted by Crippen LogP contribution is -2.49. The average Bonchev–Trinajstić information content (AvgIpc) is 2.83. The van der Waals surface area contributed by atoms with Crippen LogP contribution >= 0.6 is 0 Å². The summed E-state index contributed by atoms with van der Waals surface area (Å²) >= 11 is 0. The number of hydrogen-bond donors (Lipinski definition) is 1. The van der Waals surface area contributed by atoms with Crippen LogP contribution in [0.15, 0.2) is 35.1 Å². The van der Waals surface area contributed by atoms with Crippen LogP contribution in [-0.2, 0) is 6.42 Å². The lowest BCUT2D eigenvalue weighted by atomic mass is 9.87. The molecule has 7 heteroatoms. The molecular weight excluding hydrogens is 430 g/mol. The van der Waals surface area contributed by atoms with Gasteiger partial charge in [-0.2, -0.15) is 0 Å². The van der Waals surface area contributed by atoms with Gasteiger partial charge in [0.25, 0.3) is 5.56 Å². The number of aromatic amines is 1. The van der Waals surface area contributed by atoms with Crippen molar-refractivity contribution in [1.29, 1.82) is 0 Å². The van der Waals surface area contributed by atoms with Gasteiger partial charge in [-0.3, -0.25) is 4.79 Å². The molecule has 2 aromatic carbocycles. The number of benzene rings is 2. The summed E-state index contributed by atoms with van der Waals surface area (Å²) in [6.07, 6.45) is 0.670. The highest BCUT2D eigenvalue weighted by Gasteiger charge is 2.36. The van der Waals surface area contributed by atoms with Crippen molar-refractivity contribution in [3.8, 4) is 11.5 Å². The van der Waals surface area contributed by atoms with E-state index in [9.17, 15) is 9.59 Å². The van der Waals surface area contributed by atoms with Crippen LogP contribution < -0.4 is 15.0 Å². The predicted molar refractivity (Wildman–Crippen MR) is 134 cm³/mol. The van der Waals surface area contributed by atoms with Crippen LogP contribution in [0.1, 0.15) is 47.7 Å². The monoisotopic (exact) mass is 463 g/mol. The zero-order valence-corrected chi connectivity index (χ0v) is 20.8. The normalized spacial score (nSPS) is 15.2. The van der Waals surface area contributed by atoms with Gasteiger partial charge in [0.2, 0.25) is 0 Å². The Morgan fingerprint density at radius 3 is 2.35 bits per heavy atom. The highest BCUT2D eigenvalue weighted by atomic mass is 16.5. The van der Waals surface area contributed by atoms with Gasteiger partial charge >= 0.3 is 6.03 Å². The van der Waals surface area contributed by atoms with E-state index in [2.05, 4.69) is 17.1 Å². The summed E-state index contributed by atoms with van der Waals surface area (Å²) in [5, 5.41) is 0.954. The fourth-order valence-corrected chi connectivity index (χ4v) is 5.07. The van der Waals surface area contributed by atoms with Crippen molar-refractivity contribution in [3.63, 3.8) is 0 Å². The van der Waals surface area contributed by atoms with E-state index in [0.717, 1.165) is 33.2 Å². The molecular formula is C27H33N3O4. The van der Waals surface area contributed by atoms with Crippen LogP contribution in [0, 0.1) is 13.8 Å². The molecule has 0 saturated heterocycles. The van der Waals surface area contributed by atoms with E-state index >= 15 is 0 Å². The van der Waals surface area contributed by atoms with Crippen LogP contribution in [-0.4, -0.2) is 54.7 Å². The quantitative estimate of drug-likeness (QED) is 0.601. The maximum atomic E-state index is 13.6. The predicted octanol–water partition coefficient (Wildman–Crippen LogP) is 4.57. The number of nitrogens with zero attached hydrogens (tertiary/aromatic N) is 2. The van der Waals surface area contributed by atoms with Gasteiger partial charge < -0.3 is 24.3 Å². The van der Waals surface area contributed by atoms with E-state index in [4.69, 9.17) is 9.47 Å². The number of ether oxygens (including phenoxy) is 2. The molecule has 2 amide bonds. The van der Waals surface area contributed by atoms with Crippen LogP contribution in [0.25, 0.3) is 10.9 Å². The van der Waals surface area contributed by atoms with Crippen LogP contribution in [0.2, 0.25) is 0 Å². The highest BCUT2D eigenvalue weighted by molar-refractivity contribution is 5.83. The number of methoxy groups -OCH3 is 2. The summed E-state index contributed by atoms with van der Waals surface area (Å²) in [7, 11) is 3.20. The van der Waals surface area contributed by atoms with Crippen molar-refractivity contribution < 1.29 is 14.3 Å². The third-order valence-corrected chi connectivity index (χ3v) is 6.77. The van der Waals surface area contributed by atoms with Crippen molar-refractivity contribution in [2.45, 2.75) is 40.2 Å². The smallest absolute Gasteiger partial charge is 0.320 e. The Kier molecular flexibility index (Phi) is 6.55. The number of H-pyrrole nitrogens is 1. The Bertz CT molecular complexity index is 1290. The Balaban J connectivity index is 1.98. The Hall–Kier alpha value is -3.48. The standard InChI is InChI=1S/C27H33N3O4/c1-7-29(8-2)27(32)30-10-9-18-14-22(33-5)23(34-6)15-20(18)25(30)21-13-19-12-16(3)11-17(4)24(19)28-26(21)31/h11-15,25H,7-10H2,1-6H3,(H,28,31)/t25-/m1/s1. The van der Waals surface area contributed by atoms with Gasteiger partial charge in [-0.1, -0.05) is 11.6 Å². The number of carbonyl (C=O) groups is 1. The van der Waals surface area contributed by atoms with E-state index in [-0.39, 0.29) is 11.6 Å². The first-order valence-electron chi connectivity index (χ1n) is 11.8. The van der Waals surface area contributed by atoms with Crippen molar-refractivity contribution in [1.82, 2.24) is 14.8 Å². The van der Waals surface area contributed by atoms with Gasteiger partial charge in [0.15, 0.2) is 11.5 Å². The Morgan fingerprint density at radius 1 is 1.03 bits per heavy atom. The van der Waals surface area contributed by atoms with Gasteiger partial charge in [-0.15, -0.1) is 0 Å². The summed E-state index contributed by atoms with van der Waals surface area (Å²) in [6.45, 7) is 9.68. The molecule has 1 atom stereocenters. The molecule has 34 heavy (non-hydrogen) atoms. The van der Waals surface area contributed by atoms with E-state index < -0.39 is 6.04 Å². The number of pyridine rings is 1. The SMILES string of the molecule is CCN(CC)C(=O)N1CCc2cc(OC)c(OC)cc2[C@@H]1c1cc2cc(C)cc(C)c2[nH]c1=O. The van der Waals surface area contributed by atoms with Gasteiger partial charge in [0, 0.05) is 25.2 Å². The third-order valence-electron chi connectivity index (χ3n) is 6.77. The fraction of sp³-hybridized carbons (Fsp3) is 0.407. The Morgan fingerprint density at radius 2 is 1.71 bits per heavy atom. The van der Waals surface area contributed by atoms with Crippen LogP contribution in [0.3, 0.4) is 0 Å². The lowest BCUT2D eigenvalue weighted by Gasteiger charge is -2.40. The van der Waals surface area contributed by atoms with E-state index in [1.807, 2.05) is 50.8 Å². The number of aromatic nitrogens is 1. The molecule has 0 bridgehead atoms. The minimum atomic E-state index is -0.536. The minimum absolute atomic E-state index is 0.0737. The second kappa shape index (κ2) is 9.41. The minimum Gasteiger partial charge on any atom is -0.493 e. The van der Waals surface area contributed by atoms with E-state index in [1.54, 1.807) is 19.1 Å². The molecule has 4 rings (SSSR count). The Labute approximate surface area is 200 Å². The second-order valence-electron chi connectivity index (χ2n) is 8.81. The summed E-state index contributed by atoms with van der Waals surface area (Å²) in [4.78, 5) is 33.8. The first-order valence-corrected chi connectivity index (χ1v) is 11.8.